The Morgan fingerprint density at radius 2 is 1.94 bits per heavy atom. The van der Waals surface area contributed by atoms with E-state index in [4.69, 9.17) is 14.9 Å². The Morgan fingerprint density at radius 1 is 1.21 bits per heavy atom. The molecular formula is C24H37FN4O4. The van der Waals surface area contributed by atoms with Gasteiger partial charge in [0.25, 0.3) is 5.91 Å². The monoisotopic (exact) mass is 464 g/mol. The minimum Gasteiger partial charge on any atom is -0.494 e. The highest BCUT2D eigenvalue weighted by atomic mass is 19.1. The van der Waals surface area contributed by atoms with E-state index in [2.05, 4.69) is 16.0 Å². The molecule has 2 rings (SSSR count). The first-order chi connectivity index (χ1) is 15.8. The Hall–Kier alpha value is -2.68. The zero-order valence-electron chi connectivity index (χ0n) is 19.8. The molecule has 8 nitrogen and oxygen atoms in total. The third-order valence-corrected chi connectivity index (χ3v) is 5.56. The van der Waals surface area contributed by atoms with Gasteiger partial charge in [0.1, 0.15) is 12.6 Å². The van der Waals surface area contributed by atoms with Crippen LogP contribution in [0.1, 0.15) is 57.9 Å². The Morgan fingerprint density at radius 3 is 2.61 bits per heavy atom. The summed E-state index contributed by atoms with van der Waals surface area (Å²) in [6.07, 6.45) is 6.13. The number of rotatable bonds is 11. The molecule has 2 amide bonds. The van der Waals surface area contributed by atoms with Gasteiger partial charge in [-0.15, -0.1) is 0 Å². The zero-order valence-corrected chi connectivity index (χ0v) is 19.8. The lowest BCUT2D eigenvalue weighted by atomic mass is 9.84. The van der Waals surface area contributed by atoms with E-state index in [1.807, 2.05) is 13.8 Å². The number of hydrogen-bond acceptors (Lipinski definition) is 5. The molecule has 0 radical (unpaired) electrons. The fraction of sp³-hybridized carbons (Fsp3) is 0.625. The Bertz CT molecular complexity index is 797. The van der Waals surface area contributed by atoms with Crippen molar-refractivity contribution in [1.29, 1.82) is 5.41 Å². The molecule has 1 aliphatic carbocycles. The van der Waals surface area contributed by atoms with Gasteiger partial charge in [-0.3, -0.25) is 20.3 Å². The summed E-state index contributed by atoms with van der Waals surface area (Å²) in [6.45, 7) is 4.47. The van der Waals surface area contributed by atoms with Crippen molar-refractivity contribution in [1.82, 2.24) is 16.0 Å². The van der Waals surface area contributed by atoms with E-state index in [0.717, 1.165) is 25.7 Å². The largest absolute Gasteiger partial charge is 0.494 e. The van der Waals surface area contributed by atoms with Crippen LogP contribution in [0.5, 0.6) is 5.75 Å². The van der Waals surface area contributed by atoms with E-state index in [0.29, 0.717) is 30.4 Å². The van der Waals surface area contributed by atoms with Gasteiger partial charge < -0.3 is 20.1 Å². The maximum absolute atomic E-state index is 13.6. The molecule has 1 fully saturated rings. The van der Waals surface area contributed by atoms with Crippen LogP contribution >= 0.6 is 0 Å². The van der Waals surface area contributed by atoms with E-state index in [9.17, 15) is 14.0 Å². The van der Waals surface area contributed by atoms with Crippen molar-refractivity contribution in [3.05, 3.63) is 29.6 Å². The number of nitrogens with one attached hydrogen (secondary N) is 4. The molecular weight excluding hydrogens is 427 g/mol. The van der Waals surface area contributed by atoms with Gasteiger partial charge in [-0.2, -0.15) is 0 Å². The van der Waals surface area contributed by atoms with E-state index in [1.54, 1.807) is 12.1 Å². The lowest BCUT2D eigenvalue weighted by Crippen LogP contribution is -2.52. The van der Waals surface area contributed by atoms with Crippen molar-refractivity contribution in [2.45, 2.75) is 65.0 Å². The second-order valence-corrected chi connectivity index (χ2v) is 8.96. The highest BCUT2D eigenvalue weighted by Gasteiger charge is 2.25. The van der Waals surface area contributed by atoms with Gasteiger partial charge in [-0.25, -0.2) is 4.39 Å². The smallest absolute Gasteiger partial charge is 0.252 e. The number of ether oxygens (including phenoxy) is 2. The van der Waals surface area contributed by atoms with Crippen molar-refractivity contribution < 1.29 is 23.5 Å². The topological polar surface area (TPSA) is 113 Å². The fourth-order valence-electron chi connectivity index (χ4n) is 3.89. The Balaban J connectivity index is 1.94. The number of benzene rings is 1. The number of amides is 2. The molecule has 9 heteroatoms. The third kappa shape index (κ3) is 9.77. The second-order valence-electron chi connectivity index (χ2n) is 8.96. The average Bonchev–Trinajstić information content (AvgIpc) is 2.78. The maximum Gasteiger partial charge on any atom is 0.252 e. The Labute approximate surface area is 195 Å². The third-order valence-electron chi connectivity index (χ3n) is 5.56. The van der Waals surface area contributed by atoms with Crippen LogP contribution in [0.2, 0.25) is 0 Å². The van der Waals surface area contributed by atoms with Crippen LogP contribution in [0.25, 0.3) is 0 Å². The highest BCUT2D eigenvalue weighted by molar-refractivity contribution is 5.98. The van der Waals surface area contributed by atoms with E-state index < -0.39 is 17.8 Å². The van der Waals surface area contributed by atoms with Gasteiger partial charge in [0.2, 0.25) is 5.91 Å². The summed E-state index contributed by atoms with van der Waals surface area (Å²) in [5, 5.41) is 16.3. The number of halogens is 1. The zero-order chi connectivity index (χ0) is 24.2. The van der Waals surface area contributed by atoms with Crippen molar-refractivity contribution in [2.24, 2.45) is 11.8 Å². The summed E-state index contributed by atoms with van der Waals surface area (Å²) >= 11 is 0. The van der Waals surface area contributed by atoms with Crippen LogP contribution in [0.3, 0.4) is 0 Å². The summed E-state index contributed by atoms with van der Waals surface area (Å²) in [7, 11) is 1.39. The molecule has 0 heterocycles. The van der Waals surface area contributed by atoms with Crippen LogP contribution in [0.15, 0.2) is 18.2 Å². The van der Waals surface area contributed by atoms with Gasteiger partial charge in [0, 0.05) is 13.2 Å². The van der Waals surface area contributed by atoms with Crippen molar-refractivity contribution in [2.75, 3.05) is 20.3 Å². The molecule has 1 aliphatic rings. The summed E-state index contributed by atoms with van der Waals surface area (Å²) in [5.41, 5.74) is 0.698. The number of carbonyl (C=O) groups excluding carboxylic acids is 2. The average molecular weight is 465 g/mol. The molecule has 184 valence electrons. The predicted octanol–water partition coefficient (Wildman–Crippen LogP) is 3.10. The van der Waals surface area contributed by atoms with Gasteiger partial charge in [-0.1, -0.05) is 52.0 Å². The van der Waals surface area contributed by atoms with E-state index in [-0.39, 0.29) is 30.8 Å². The van der Waals surface area contributed by atoms with Gasteiger partial charge in [0.15, 0.2) is 17.5 Å². The number of hydrogen-bond donors (Lipinski definition) is 4. The minimum absolute atomic E-state index is 0.114. The highest BCUT2D eigenvalue weighted by Crippen LogP contribution is 2.27. The first-order valence-electron chi connectivity index (χ1n) is 11.6. The lowest BCUT2D eigenvalue weighted by molar-refractivity contribution is -0.125. The summed E-state index contributed by atoms with van der Waals surface area (Å²) < 4.78 is 23.9. The number of guanidine groups is 1. The first kappa shape index (κ1) is 26.6. The van der Waals surface area contributed by atoms with Crippen molar-refractivity contribution in [3.8, 4) is 5.75 Å². The molecule has 1 atom stereocenters. The molecule has 0 aromatic heterocycles. The van der Waals surface area contributed by atoms with Gasteiger partial charge >= 0.3 is 0 Å². The van der Waals surface area contributed by atoms with Crippen LogP contribution < -0.4 is 20.7 Å². The van der Waals surface area contributed by atoms with Gasteiger partial charge in [0.05, 0.1) is 7.11 Å². The lowest BCUT2D eigenvalue weighted by Gasteiger charge is -2.27. The molecule has 0 saturated heterocycles. The summed E-state index contributed by atoms with van der Waals surface area (Å²) in [6, 6.07) is 3.75. The normalized spacial score (nSPS) is 15.1. The SMILES string of the molecule is COc1cc(CNC(=O)[C@@H](CC2CCCCC2)NC(=N)NC(=O)COCC(C)C)ccc1F. The van der Waals surface area contributed by atoms with E-state index in [1.165, 1.54) is 19.6 Å². The number of carbonyl (C=O) groups is 2. The molecule has 0 unspecified atom stereocenters. The van der Waals surface area contributed by atoms with E-state index >= 15 is 0 Å². The molecule has 1 aromatic carbocycles. The van der Waals surface area contributed by atoms with Crippen LogP contribution in [-0.4, -0.2) is 44.1 Å². The molecule has 0 bridgehead atoms. The fourth-order valence-corrected chi connectivity index (χ4v) is 3.89. The number of methoxy groups -OCH3 is 1. The molecule has 0 spiro atoms. The van der Waals surface area contributed by atoms with Crippen LogP contribution in [-0.2, 0) is 20.9 Å². The predicted molar refractivity (Wildman–Crippen MR) is 124 cm³/mol. The molecule has 0 aliphatic heterocycles. The summed E-state index contributed by atoms with van der Waals surface area (Å²) in [4.78, 5) is 25.0. The second kappa shape index (κ2) is 13.8. The standard InChI is InChI=1S/C24H37FN4O4/c1-16(2)14-33-15-22(30)29-24(26)28-20(11-17-7-5-4-6-8-17)23(31)27-13-18-9-10-19(25)21(12-18)32-3/h9-10,12,16-17,20H,4-8,11,13-15H2,1-3H3,(H,27,31)(H3,26,28,29,30)/t20-/m1/s1. The molecule has 33 heavy (non-hydrogen) atoms. The molecule has 1 aromatic rings. The van der Waals surface area contributed by atoms with Crippen molar-refractivity contribution in [3.63, 3.8) is 0 Å². The van der Waals surface area contributed by atoms with Crippen LogP contribution in [0, 0.1) is 23.1 Å². The summed E-state index contributed by atoms with van der Waals surface area (Å²) in [5.74, 6) is -0.616. The van der Waals surface area contributed by atoms with Crippen molar-refractivity contribution >= 4 is 17.8 Å². The Kier molecular flexibility index (Phi) is 11.1. The minimum atomic E-state index is -0.667. The van der Waals surface area contributed by atoms with Gasteiger partial charge in [-0.05, 0) is 36.0 Å². The maximum atomic E-state index is 13.6. The first-order valence-corrected chi connectivity index (χ1v) is 11.6. The molecule has 1 saturated carbocycles. The quantitative estimate of drug-likeness (QED) is 0.297. The molecule has 4 N–H and O–H groups in total. The van der Waals surface area contributed by atoms with Crippen LogP contribution in [0.4, 0.5) is 4.39 Å².